The molecule has 4 rings (SSSR count). The number of hydrogen-bond donors (Lipinski definition) is 3. The minimum absolute atomic E-state index is 0.00707. The highest BCUT2D eigenvalue weighted by molar-refractivity contribution is 7.89. The summed E-state index contributed by atoms with van der Waals surface area (Å²) in [7, 11) is -0.567. The Kier molecular flexibility index (Phi) is 6.78. The van der Waals surface area contributed by atoms with E-state index < -0.39 is 39.8 Å². The summed E-state index contributed by atoms with van der Waals surface area (Å²) >= 11 is 0. The lowest BCUT2D eigenvalue weighted by Crippen LogP contribution is -2.48. The molecule has 1 aliphatic rings. The average Bonchev–Trinajstić information content (AvgIpc) is 3.18. The number of nitrogens with one attached hydrogen (secondary N) is 1. The maximum Gasteiger partial charge on any atom is 0.326 e. The van der Waals surface area contributed by atoms with Crippen molar-refractivity contribution in [2.45, 2.75) is 29.8 Å². The predicted octanol–water partition coefficient (Wildman–Crippen LogP) is 0.992. The number of amides is 1. The van der Waals surface area contributed by atoms with Crippen molar-refractivity contribution in [1.29, 1.82) is 0 Å². The van der Waals surface area contributed by atoms with Crippen LogP contribution in [0.1, 0.15) is 12.0 Å². The van der Waals surface area contributed by atoms with Gasteiger partial charge in [0.2, 0.25) is 15.9 Å². The molecule has 4 N–H and O–H groups in total. The Morgan fingerprint density at radius 1 is 1.25 bits per heavy atom. The van der Waals surface area contributed by atoms with Crippen molar-refractivity contribution >= 4 is 44.3 Å². The van der Waals surface area contributed by atoms with E-state index in [1.807, 2.05) is 0 Å². The molecule has 0 aliphatic carbocycles. The Bertz CT molecular complexity index is 1430. The van der Waals surface area contributed by atoms with Gasteiger partial charge in [-0.2, -0.15) is 4.72 Å². The summed E-state index contributed by atoms with van der Waals surface area (Å²) in [4.78, 5) is 35.7. The molecule has 3 heterocycles. The third-order valence-corrected chi connectivity index (χ3v) is 7.55. The van der Waals surface area contributed by atoms with E-state index in [9.17, 15) is 23.1 Å². The molecule has 2 unspecified atom stereocenters. The molecule has 1 amide bonds. The second kappa shape index (κ2) is 9.66. The summed E-state index contributed by atoms with van der Waals surface area (Å²) in [6.07, 6.45) is 2.29. The second-order valence-corrected chi connectivity index (χ2v) is 10.3. The molecule has 1 saturated heterocycles. The van der Waals surface area contributed by atoms with Gasteiger partial charge in [-0.1, -0.05) is 12.1 Å². The molecule has 1 fully saturated rings. The zero-order valence-corrected chi connectivity index (χ0v) is 20.4. The van der Waals surface area contributed by atoms with Crippen LogP contribution >= 0.6 is 0 Å². The standard InChI is InChI=1S/C23H25FN6O5S/c1-29(2)19-6-4-14(12-27-19)36(34,35)28-17-8-10-30(22(17)31)18(23(32)33)11-13-3-5-16-15(20(13)24)7-9-26-21(16)25/h3-7,9,12,17-18,28H,8,10-11H2,1-2H3,(H2,25,26)(H,32,33). The number of nitrogens with zero attached hydrogens (tertiary/aromatic N) is 4. The fraction of sp³-hybridized carbons (Fsp3) is 0.304. The molecule has 0 saturated carbocycles. The van der Waals surface area contributed by atoms with Crippen molar-refractivity contribution in [3.05, 3.63) is 54.1 Å². The smallest absolute Gasteiger partial charge is 0.326 e. The highest BCUT2D eigenvalue weighted by atomic mass is 32.2. The topological polar surface area (TPSA) is 159 Å². The molecule has 13 heteroatoms. The number of carbonyl (C=O) groups is 2. The summed E-state index contributed by atoms with van der Waals surface area (Å²) < 4.78 is 43.1. The van der Waals surface area contributed by atoms with Gasteiger partial charge in [0.15, 0.2) is 0 Å². The molecule has 0 bridgehead atoms. The van der Waals surface area contributed by atoms with E-state index in [0.29, 0.717) is 11.2 Å². The van der Waals surface area contributed by atoms with E-state index >= 15 is 4.39 Å². The molecule has 1 aromatic carbocycles. The maximum absolute atomic E-state index is 15.1. The molecule has 1 aliphatic heterocycles. The van der Waals surface area contributed by atoms with Crippen molar-refractivity contribution in [1.82, 2.24) is 19.6 Å². The van der Waals surface area contributed by atoms with Crippen molar-refractivity contribution in [2.75, 3.05) is 31.3 Å². The minimum Gasteiger partial charge on any atom is -0.480 e. The first kappa shape index (κ1) is 25.3. The number of pyridine rings is 2. The first-order valence-electron chi connectivity index (χ1n) is 11.0. The zero-order chi connectivity index (χ0) is 26.2. The van der Waals surface area contributed by atoms with Gasteiger partial charge in [-0.3, -0.25) is 4.79 Å². The first-order chi connectivity index (χ1) is 17.0. The third kappa shape index (κ3) is 4.79. The Hall–Kier alpha value is -3.84. The van der Waals surface area contributed by atoms with Gasteiger partial charge in [0.25, 0.3) is 0 Å². The quantitative estimate of drug-likeness (QED) is 0.397. The fourth-order valence-electron chi connectivity index (χ4n) is 4.15. The number of carboxylic acids is 1. The van der Waals surface area contributed by atoms with Crippen LogP contribution in [0.25, 0.3) is 10.8 Å². The lowest BCUT2D eigenvalue weighted by atomic mass is 10.0. The number of benzene rings is 1. The normalized spacial score (nSPS) is 16.9. The number of halogens is 1. The van der Waals surface area contributed by atoms with Crippen molar-refractivity contribution < 1.29 is 27.5 Å². The van der Waals surface area contributed by atoms with E-state index in [1.54, 1.807) is 25.1 Å². The molecule has 0 radical (unpaired) electrons. The number of aliphatic carboxylic acids is 1. The summed E-state index contributed by atoms with van der Waals surface area (Å²) in [6, 6.07) is 4.75. The average molecular weight is 517 g/mol. The number of rotatable bonds is 8. The zero-order valence-electron chi connectivity index (χ0n) is 19.6. The molecule has 36 heavy (non-hydrogen) atoms. The van der Waals surface area contributed by atoms with Crippen LogP contribution in [0.3, 0.4) is 0 Å². The monoisotopic (exact) mass is 516 g/mol. The van der Waals surface area contributed by atoms with Gasteiger partial charge in [-0.05, 0) is 30.2 Å². The van der Waals surface area contributed by atoms with Gasteiger partial charge in [0.05, 0.1) is 0 Å². The summed E-state index contributed by atoms with van der Waals surface area (Å²) in [5.41, 5.74) is 5.87. The number of nitrogen functional groups attached to an aromatic ring is 1. The van der Waals surface area contributed by atoms with Crippen LogP contribution in [0.15, 0.2) is 47.6 Å². The van der Waals surface area contributed by atoms with Gasteiger partial charge in [0, 0.05) is 50.2 Å². The summed E-state index contributed by atoms with van der Waals surface area (Å²) in [5, 5.41) is 10.4. The van der Waals surface area contributed by atoms with Gasteiger partial charge < -0.3 is 20.6 Å². The number of likely N-dealkylation sites (tertiary alicyclic amines) is 1. The molecular formula is C23H25FN6O5S. The molecule has 2 atom stereocenters. The van der Waals surface area contributed by atoms with E-state index in [1.165, 1.54) is 36.7 Å². The first-order valence-corrected chi connectivity index (χ1v) is 12.5. The Morgan fingerprint density at radius 3 is 2.64 bits per heavy atom. The van der Waals surface area contributed by atoms with Crippen molar-refractivity contribution in [3.63, 3.8) is 0 Å². The van der Waals surface area contributed by atoms with Gasteiger partial charge >= 0.3 is 5.97 Å². The largest absolute Gasteiger partial charge is 0.480 e. The summed E-state index contributed by atoms with van der Waals surface area (Å²) in [5.74, 6) is -1.97. The number of sulfonamides is 1. The van der Waals surface area contributed by atoms with E-state index in [2.05, 4.69) is 14.7 Å². The highest BCUT2D eigenvalue weighted by Gasteiger charge is 2.41. The number of fused-ring (bicyclic) bond motifs is 1. The Morgan fingerprint density at radius 2 is 2.00 bits per heavy atom. The molecule has 190 valence electrons. The van der Waals surface area contributed by atoms with Crippen LogP contribution in [0.2, 0.25) is 0 Å². The molecule has 3 aromatic rings. The Labute approximate surface area is 206 Å². The number of anilines is 2. The van der Waals surface area contributed by atoms with Gasteiger partial charge in [0.1, 0.15) is 34.4 Å². The van der Waals surface area contributed by atoms with Crippen LogP contribution in [0.4, 0.5) is 16.0 Å². The lowest BCUT2D eigenvalue weighted by molar-refractivity contribution is -0.148. The number of aromatic nitrogens is 2. The fourth-order valence-corrected chi connectivity index (χ4v) is 5.32. The van der Waals surface area contributed by atoms with Gasteiger partial charge in [-0.25, -0.2) is 27.6 Å². The minimum atomic E-state index is -4.09. The lowest BCUT2D eigenvalue weighted by Gasteiger charge is -2.25. The van der Waals surface area contributed by atoms with Crippen molar-refractivity contribution in [2.24, 2.45) is 0 Å². The predicted molar refractivity (Wildman–Crippen MR) is 130 cm³/mol. The molecule has 2 aromatic heterocycles. The van der Waals surface area contributed by atoms with E-state index in [4.69, 9.17) is 5.73 Å². The third-order valence-electron chi connectivity index (χ3n) is 6.09. The highest BCUT2D eigenvalue weighted by Crippen LogP contribution is 2.27. The number of carboxylic acid groups (broad SMARTS) is 1. The van der Waals surface area contributed by atoms with Crippen LogP contribution < -0.4 is 15.4 Å². The van der Waals surface area contributed by atoms with E-state index in [-0.39, 0.29) is 41.0 Å². The number of carbonyl (C=O) groups excluding carboxylic acids is 1. The van der Waals surface area contributed by atoms with Crippen molar-refractivity contribution in [3.8, 4) is 0 Å². The number of hydrogen-bond acceptors (Lipinski definition) is 8. The SMILES string of the molecule is CN(C)c1ccc(S(=O)(=O)NC2CCN(C(Cc3ccc4c(N)nccc4c3F)C(=O)O)C2=O)cn1. The van der Waals surface area contributed by atoms with E-state index in [0.717, 1.165) is 4.90 Å². The summed E-state index contributed by atoms with van der Waals surface area (Å²) in [6.45, 7) is -0.00707. The second-order valence-electron chi connectivity index (χ2n) is 8.63. The Balaban J connectivity index is 1.53. The molecule has 11 nitrogen and oxygen atoms in total. The van der Waals surface area contributed by atoms with Crippen LogP contribution in [-0.2, 0) is 26.0 Å². The number of nitrogens with two attached hydrogens (primary N) is 1. The molecular weight excluding hydrogens is 491 g/mol. The maximum atomic E-state index is 15.1. The van der Waals surface area contributed by atoms with Crippen LogP contribution in [0, 0.1) is 5.82 Å². The van der Waals surface area contributed by atoms with Gasteiger partial charge in [-0.15, -0.1) is 0 Å². The van der Waals surface area contributed by atoms with Crippen LogP contribution in [0.5, 0.6) is 0 Å². The van der Waals surface area contributed by atoms with Crippen LogP contribution in [-0.4, -0.2) is 73.0 Å². The molecule has 0 spiro atoms.